The van der Waals surface area contributed by atoms with E-state index in [1.807, 2.05) is 12.1 Å². The van der Waals surface area contributed by atoms with Crippen molar-refractivity contribution in [2.45, 2.75) is 13.2 Å². The molecule has 130 valence electrons. The summed E-state index contributed by atoms with van der Waals surface area (Å²) in [5.41, 5.74) is 1.80. The van der Waals surface area contributed by atoms with Gasteiger partial charge in [0.05, 0.1) is 7.11 Å². The summed E-state index contributed by atoms with van der Waals surface area (Å²) in [6, 6.07) is 9.85. The summed E-state index contributed by atoms with van der Waals surface area (Å²) in [6.07, 6.45) is 0. The number of tetrazole rings is 1. The number of hydrogen-bond acceptors (Lipinski definition) is 6. The molecule has 0 saturated heterocycles. The molecule has 2 N–H and O–H groups in total. The molecule has 0 aliphatic rings. The Morgan fingerprint density at radius 2 is 2.00 bits per heavy atom. The first-order chi connectivity index (χ1) is 12.2. The number of hydrogen-bond donors (Lipinski definition) is 2. The Balaban J connectivity index is 1.71. The lowest BCUT2D eigenvalue weighted by atomic mass is 10.2. The third-order valence-corrected chi connectivity index (χ3v) is 4.16. The minimum absolute atomic E-state index is 0.275. The molecule has 9 heteroatoms. The topological polar surface area (TPSA) is 85.0 Å². The van der Waals surface area contributed by atoms with Crippen molar-refractivity contribution in [2.75, 3.05) is 12.4 Å². The molecule has 0 saturated carbocycles. The number of anilines is 1. The Hall–Kier alpha value is -2.68. The van der Waals surface area contributed by atoms with E-state index in [9.17, 15) is 4.39 Å². The van der Waals surface area contributed by atoms with Gasteiger partial charge >= 0.3 is 0 Å². The Kier molecular flexibility index (Phi) is 5.44. The van der Waals surface area contributed by atoms with E-state index in [2.05, 4.69) is 41.9 Å². The summed E-state index contributed by atoms with van der Waals surface area (Å²) >= 11 is 3.52. The van der Waals surface area contributed by atoms with Gasteiger partial charge in [0.25, 0.3) is 5.95 Å². The fraction of sp³-hybridized carbons (Fsp3) is 0.188. The van der Waals surface area contributed by atoms with Crippen LogP contribution < -0.4 is 14.8 Å². The molecule has 7 nitrogen and oxygen atoms in total. The fourth-order valence-corrected chi connectivity index (χ4v) is 2.60. The molecule has 3 aromatic rings. The minimum Gasteiger partial charge on any atom is -0.493 e. The monoisotopic (exact) mass is 407 g/mol. The molecule has 1 heterocycles. The molecule has 2 aromatic carbocycles. The smallest absolute Gasteiger partial charge is 0.263 e. The molecule has 0 aliphatic carbocycles. The maximum Gasteiger partial charge on any atom is 0.263 e. The maximum absolute atomic E-state index is 13.0. The first-order valence-electron chi connectivity index (χ1n) is 7.36. The van der Waals surface area contributed by atoms with E-state index >= 15 is 0 Å². The number of benzene rings is 2. The van der Waals surface area contributed by atoms with E-state index < -0.39 is 0 Å². The van der Waals surface area contributed by atoms with Crippen LogP contribution in [0.2, 0.25) is 0 Å². The molecule has 0 amide bonds. The average Bonchev–Trinajstić information content (AvgIpc) is 3.14. The molecule has 0 fully saturated rings. The zero-order valence-corrected chi connectivity index (χ0v) is 14.9. The molecule has 0 radical (unpaired) electrons. The van der Waals surface area contributed by atoms with Crippen molar-refractivity contribution in [3.05, 3.63) is 57.8 Å². The van der Waals surface area contributed by atoms with E-state index in [0.29, 0.717) is 30.6 Å². The second-order valence-electron chi connectivity index (χ2n) is 5.10. The molecular formula is C16H15BrFN5O2. The normalized spacial score (nSPS) is 10.5. The van der Waals surface area contributed by atoms with Gasteiger partial charge < -0.3 is 14.8 Å². The van der Waals surface area contributed by atoms with Gasteiger partial charge in [0, 0.05) is 11.0 Å². The van der Waals surface area contributed by atoms with E-state index in [1.54, 1.807) is 19.2 Å². The molecule has 1 aromatic heterocycles. The number of aromatic nitrogens is 4. The SMILES string of the molecule is COc1cc(CNc2nn[nH]n2)c(Br)cc1OCc1ccc(F)cc1. The average molecular weight is 408 g/mol. The predicted molar refractivity (Wildman–Crippen MR) is 92.9 cm³/mol. The molecular weight excluding hydrogens is 393 g/mol. The van der Waals surface area contributed by atoms with Gasteiger partial charge in [0.15, 0.2) is 11.5 Å². The highest BCUT2D eigenvalue weighted by Gasteiger charge is 2.11. The van der Waals surface area contributed by atoms with E-state index in [4.69, 9.17) is 9.47 Å². The fourth-order valence-electron chi connectivity index (χ4n) is 2.14. The van der Waals surface area contributed by atoms with Crippen LogP contribution in [0.25, 0.3) is 0 Å². The van der Waals surface area contributed by atoms with Crippen LogP contribution >= 0.6 is 15.9 Å². The molecule has 0 spiro atoms. The Morgan fingerprint density at radius 3 is 2.68 bits per heavy atom. The van der Waals surface area contributed by atoms with Gasteiger partial charge in [-0.2, -0.15) is 5.21 Å². The zero-order chi connectivity index (χ0) is 17.6. The van der Waals surface area contributed by atoms with Crippen LogP contribution in [0.4, 0.5) is 10.3 Å². The van der Waals surface area contributed by atoms with Crippen molar-refractivity contribution in [1.29, 1.82) is 0 Å². The number of H-pyrrole nitrogens is 1. The van der Waals surface area contributed by atoms with E-state index in [-0.39, 0.29) is 5.82 Å². The number of halogens is 2. The third kappa shape index (κ3) is 4.44. The molecule has 0 bridgehead atoms. The summed E-state index contributed by atoms with van der Waals surface area (Å²) in [7, 11) is 1.57. The Morgan fingerprint density at radius 1 is 1.20 bits per heavy atom. The van der Waals surface area contributed by atoms with Gasteiger partial charge in [-0.05, 0) is 40.6 Å². The lowest BCUT2D eigenvalue weighted by Gasteiger charge is -2.14. The van der Waals surface area contributed by atoms with Gasteiger partial charge in [0.2, 0.25) is 0 Å². The number of aromatic amines is 1. The lowest BCUT2D eigenvalue weighted by molar-refractivity contribution is 0.284. The van der Waals surface area contributed by atoms with Gasteiger partial charge in [0.1, 0.15) is 12.4 Å². The van der Waals surface area contributed by atoms with Crippen LogP contribution in [-0.4, -0.2) is 27.7 Å². The third-order valence-electron chi connectivity index (χ3n) is 3.42. The molecule has 0 unspecified atom stereocenters. The highest BCUT2D eigenvalue weighted by molar-refractivity contribution is 9.10. The number of methoxy groups -OCH3 is 1. The molecule has 0 atom stereocenters. The van der Waals surface area contributed by atoms with Crippen molar-refractivity contribution < 1.29 is 13.9 Å². The van der Waals surface area contributed by atoms with Crippen molar-refractivity contribution in [3.63, 3.8) is 0 Å². The van der Waals surface area contributed by atoms with Crippen molar-refractivity contribution in [2.24, 2.45) is 0 Å². The second kappa shape index (κ2) is 7.93. The lowest BCUT2D eigenvalue weighted by Crippen LogP contribution is -2.04. The number of rotatable bonds is 7. The first kappa shape index (κ1) is 17.2. The van der Waals surface area contributed by atoms with Crippen LogP contribution in [0, 0.1) is 5.82 Å². The van der Waals surface area contributed by atoms with Crippen molar-refractivity contribution in [1.82, 2.24) is 20.6 Å². The van der Waals surface area contributed by atoms with E-state index in [1.165, 1.54) is 12.1 Å². The highest BCUT2D eigenvalue weighted by atomic mass is 79.9. The number of nitrogens with zero attached hydrogens (tertiary/aromatic N) is 3. The van der Waals surface area contributed by atoms with Gasteiger partial charge in [-0.3, -0.25) is 0 Å². The standard InChI is InChI=1S/C16H15BrFN5O2/c1-24-14-6-11(8-19-16-20-22-23-21-16)13(17)7-15(14)25-9-10-2-4-12(18)5-3-10/h2-7H,8-9H2,1H3,(H2,19,20,21,22,23). The van der Waals surface area contributed by atoms with Crippen LogP contribution in [0.3, 0.4) is 0 Å². The van der Waals surface area contributed by atoms with Crippen LogP contribution in [0.15, 0.2) is 40.9 Å². The summed E-state index contributed by atoms with van der Waals surface area (Å²) in [6.45, 7) is 0.790. The molecule has 3 rings (SSSR count). The summed E-state index contributed by atoms with van der Waals surface area (Å²) in [4.78, 5) is 0. The van der Waals surface area contributed by atoms with Crippen molar-refractivity contribution >= 4 is 21.9 Å². The zero-order valence-electron chi connectivity index (χ0n) is 13.3. The first-order valence-corrected chi connectivity index (χ1v) is 8.16. The van der Waals surface area contributed by atoms with Crippen molar-refractivity contribution in [3.8, 4) is 11.5 Å². The van der Waals surface area contributed by atoms with Gasteiger partial charge in [-0.25, -0.2) is 4.39 Å². The van der Waals surface area contributed by atoms with Crippen LogP contribution in [-0.2, 0) is 13.2 Å². The predicted octanol–water partition coefficient (Wildman–Crippen LogP) is 3.30. The number of ether oxygens (including phenoxy) is 2. The minimum atomic E-state index is -0.275. The maximum atomic E-state index is 13.0. The summed E-state index contributed by atoms with van der Waals surface area (Å²) < 4.78 is 25.0. The Bertz CT molecular complexity index is 827. The second-order valence-corrected chi connectivity index (χ2v) is 5.95. The van der Waals surface area contributed by atoms with E-state index in [0.717, 1.165) is 15.6 Å². The van der Waals surface area contributed by atoms with Crippen LogP contribution in [0.1, 0.15) is 11.1 Å². The molecule has 0 aliphatic heterocycles. The highest BCUT2D eigenvalue weighted by Crippen LogP contribution is 2.34. The van der Waals surface area contributed by atoms with Crippen LogP contribution in [0.5, 0.6) is 11.5 Å². The quantitative estimate of drug-likeness (QED) is 0.624. The van der Waals surface area contributed by atoms with Gasteiger partial charge in [-0.1, -0.05) is 33.2 Å². The number of nitrogens with one attached hydrogen (secondary N) is 2. The Labute approximate surface area is 151 Å². The summed E-state index contributed by atoms with van der Waals surface area (Å²) in [5.74, 6) is 1.31. The van der Waals surface area contributed by atoms with Gasteiger partial charge in [-0.15, -0.1) is 5.10 Å². The largest absolute Gasteiger partial charge is 0.493 e. The summed E-state index contributed by atoms with van der Waals surface area (Å²) in [5, 5.41) is 16.6. The molecule has 25 heavy (non-hydrogen) atoms.